The molecular weight excluding hydrogens is 413 g/mol. The number of nitrogens with one attached hydrogen (secondary N) is 1. The average molecular weight is 434 g/mol. The molecule has 1 atom stereocenters. The van der Waals surface area contributed by atoms with E-state index in [0.717, 1.165) is 23.5 Å². The van der Waals surface area contributed by atoms with Gasteiger partial charge in [-0.2, -0.15) is 18.3 Å². The average Bonchev–Trinajstić information content (AvgIpc) is 3.08. The van der Waals surface area contributed by atoms with Crippen LogP contribution in [0, 0.1) is 13.8 Å². The number of ether oxygens (including phenoxy) is 1. The summed E-state index contributed by atoms with van der Waals surface area (Å²) < 4.78 is 45.0. The Kier molecular flexibility index (Phi) is 6.59. The Labute approximate surface area is 176 Å². The quantitative estimate of drug-likeness (QED) is 0.597. The van der Waals surface area contributed by atoms with Crippen LogP contribution in [0.4, 0.5) is 13.2 Å². The summed E-state index contributed by atoms with van der Waals surface area (Å²) in [5.41, 5.74) is 1.20. The Hall–Kier alpha value is -3.40. The molecule has 0 saturated heterocycles. The molecule has 2 aromatic heterocycles. The third kappa shape index (κ3) is 5.82. The van der Waals surface area contributed by atoms with Crippen LogP contribution in [0.5, 0.6) is 5.75 Å². The van der Waals surface area contributed by atoms with Gasteiger partial charge >= 0.3 is 6.18 Å². The maximum Gasteiger partial charge on any atom is 0.416 e. The lowest BCUT2D eigenvalue weighted by Crippen LogP contribution is -2.35. The fraction of sp³-hybridized carbons (Fsp3) is 0.286. The van der Waals surface area contributed by atoms with E-state index in [1.807, 2.05) is 19.9 Å². The van der Waals surface area contributed by atoms with Gasteiger partial charge in [0.15, 0.2) is 5.82 Å². The molecule has 3 aromatic rings. The van der Waals surface area contributed by atoms with E-state index in [0.29, 0.717) is 5.82 Å². The molecule has 0 aliphatic carbocycles. The zero-order valence-corrected chi connectivity index (χ0v) is 16.8. The zero-order chi connectivity index (χ0) is 22.6. The van der Waals surface area contributed by atoms with Gasteiger partial charge in [0.1, 0.15) is 18.5 Å². The first-order valence-corrected chi connectivity index (χ1v) is 9.39. The van der Waals surface area contributed by atoms with Crippen molar-refractivity contribution in [2.75, 3.05) is 13.2 Å². The molecule has 1 amide bonds. The van der Waals surface area contributed by atoms with Crippen molar-refractivity contribution in [1.82, 2.24) is 20.1 Å². The lowest BCUT2D eigenvalue weighted by atomic mass is 10.2. The molecule has 7 nitrogen and oxygen atoms in total. The number of rotatable bonds is 7. The highest BCUT2D eigenvalue weighted by Crippen LogP contribution is 2.31. The lowest BCUT2D eigenvalue weighted by molar-refractivity contribution is -0.137. The monoisotopic (exact) mass is 434 g/mol. The van der Waals surface area contributed by atoms with E-state index in [4.69, 9.17) is 4.74 Å². The van der Waals surface area contributed by atoms with Crippen LogP contribution in [0.1, 0.15) is 27.3 Å². The van der Waals surface area contributed by atoms with Crippen molar-refractivity contribution in [2.24, 2.45) is 0 Å². The van der Waals surface area contributed by atoms with Crippen molar-refractivity contribution in [1.29, 1.82) is 0 Å². The van der Waals surface area contributed by atoms with E-state index < -0.39 is 23.8 Å². The molecule has 3 rings (SSSR count). The van der Waals surface area contributed by atoms with Gasteiger partial charge in [-0.1, -0.05) is 6.07 Å². The van der Waals surface area contributed by atoms with Crippen LogP contribution in [-0.2, 0) is 6.18 Å². The molecule has 0 aliphatic heterocycles. The van der Waals surface area contributed by atoms with Crippen molar-refractivity contribution >= 4 is 5.91 Å². The molecule has 1 aromatic carbocycles. The predicted octanol–water partition coefficient (Wildman–Crippen LogP) is 3.07. The Morgan fingerprint density at radius 2 is 2.00 bits per heavy atom. The minimum Gasteiger partial charge on any atom is -0.491 e. The van der Waals surface area contributed by atoms with E-state index in [1.165, 1.54) is 18.3 Å². The molecule has 0 saturated carbocycles. The van der Waals surface area contributed by atoms with Crippen molar-refractivity contribution in [3.05, 3.63) is 71.2 Å². The van der Waals surface area contributed by atoms with E-state index in [9.17, 15) is 23.1 Å². The Morgan fingerprint density at radius 3 is 2.61 bits per heavy atom. The molecule has 2 heterocycles. The number of carbonyl (C=O) groups is 1. The summed E-state index contributed by atoms with van der Waals surface area (Å²) in [5.74, 6) is 0.0892. The fourth-order valence-corrected chi connectivity index (χ4v) is 2.83. The first-order chi connectivity index (χ1) is 14.6. The van der Waals surface area contributed by atoms with E-state index in [2.05, 4.69) is 15.4 Å². The summed E-state index contributed by atoms with van der Waals surface area (Å²) in [6, 6.07) is 9.50. The fourth-order valence-electron chi connectivity index (χ4n) is 2.83. The number of alkyl halides is 3. The van der Waals surface area contributed by atoms with Crippen LogP contribution < -0.4 is 10.1 Å². The molecule has 0 bridgehead atoms. The molecule has 1 unspecified atom stereocenters. The van der Waals surface area contributed by atoms with Crippen molar-refractivity contribution < 1.29 is 27.8 Å². The summed E-state index contributed by atoms with van der Waals surface area (Å²) >= 11 is 0. The van der Waals surface area contributed by atoms with Gasteiger partial charge in [0.2, 0.25) is 0 Å². The number of halogens is 3. The van der Waals surface area contributed by atoms with Crippen LogP contribution in [-0.4, -0.2) is 45.0 Å². The minimum atomic E-state index is -4.48. The number of aliphatic hydroxyl groups is 1. The van der Waals surface area contributed by atoms with E-state index in [-0.39, 0.29) is 24.5 Å². The Morgan fingerprint density at radius 1 is 1.23 bits per heavy atom. The maximum atomic E-state index is 12.7. The second-order valence-corrected chi connectivity index (χ2v) is 6.94. The Bertz CT molecular complexity index is 1050. The highest BCUT2D eigenvalue weighted by Gasteiger charge is 2.30. The summed E-state index contributed by atoms with van der Waals surface area (Å²) in [4.78, 5) is 16.5. The molecule has 164 valence electrons. The summed E-state index contributed by atoms with van der Waals surface area (Å²) in [5, 5.41) is 16.8. The predicted molar refractivity (Wildman–Crippen MR) is 106 cm³/mol. The molecule has 10 heteroatoms. The molecule has 0 spiro atoms. The van der Waals surface area contributed by atoms with Gasteiger partial charge in [0.25, 0.3) is 5.91 Å². The smallest absolute Gasteiger partial charge is 0.416 e. The van der Waals surface area contributed by atoms with Gasteiger partial charge in [0, 0.05) is 18.4 Å². The largest absolute Gasteiger partial charge is 0.491 e. The van der Waals surface area contributed by atoms with Gasteiger partial charge in [-0.15, -0.1) is 0 Å². The van der Waals surface area contributed by atoms with Crippen molar-refractivity contribution in [3.8, 4) is 11.6 Å². The highest BCUT2D eigenvalue weighted by molar-refractivity contribution is 5.93. The first-order valence-electron chi connectivity index (χ1n) is 9.39. The Balaban J connectivity index is 1.51. The number of carbonyl (C=O) groups excluding carboxylic acids is 1. The molecule has 0 aliphatic rings. The van der Waals surface area contributed by atoms with Crippen molar-refractivity contribution in [2.45, 2.75) is 26.1 Å². The van der Waals surface area contributed by atoms with Crippen LogP contribution in [0.3, 0.4) is 0 Å². The number of aryl methyl sites for hydroxylation is 2. The van der Waals surface area contributed by atoms with Gasteiger partial charge in [-0.05, 0) is 50.2 Å². The van der Waals surface area contributed by atoms with Crippen molar-refractivity contribution in [3.63, 3.8) is 0 Å². The molecular formula is C21H21F3N4O3. The summed E-state index contributed by atoms with van der Waals surface area (Å²) in [7, 11) is 0. The number of aromatic nitrogens is 3. The SMILES string of the molecule is Cc1cc(C)n(-c2ccc(C(=O)NCC(O)COc3cccc(C(F)(F)F)c3)cn2)n1. The van der Waals surface area contributed by atoms with Gasteiger partial charge in [-0.3, -0.25) is 4.79 Å². The van der Waals surface area contributed by atoms with Crippen LogP contribution >= 0.6 is 0 Å². The normalized spacial score (nSPS) is 12.5. The number of pyridine rings is 1. The van der Waals surface area contributed by atoms with Gasteiger partial charge < -0.3 is 15.2 Å². The highest BCUT2D eigenvalue weighted by atomic mass is 19.4. The number of hydrogen-bond donors (Lipinski definition) is 2. The lowest BCUT2D eigenvalue weighted by Gasteiger charge is -2.14. The maximum absolute atomic E-state index is 12.7. The second kappa shape index (κ2) is 9.17. The van der Waals surface area contributed by atoms with E-state index >= 15 is 0 Å². The van der Waals surface area contributed by atoms with Gasteiger partial charge in [-0.25, -0.2) is 9.67 Å². The van der Waals surface area contributed by atoms with Crippen LogP contribution in [0.2, 0.25) is 0 Å². The number of nitrogens with zero attached hydrogens (tertiary/aromatic N) is 3. The minimum absolute atomic E-state index is 0.0239. The molecule has 2 N–H and O–H groups in total. The summed E-state index contributed by atoms with van der Waals surface area (Å²) in [6.07, 6.45) is -4.20. The summed E-state index contributed by atoms with van der Waals surface area (Å²) in [6.45, 7) is 3.34. The van der Waals surface area contributed by atoms with Gasteiger partial charge in [0.05, 0.1) is 16.8 Å². The topological polar surface area (TPSA) is 89.3 Å². The molecule has 0 fully saturated rings. The number of amides is 1. The molecule has 0 radical (unpaired) electrons. The first kappa shape index (κ1) is 22.3. The third-order valence-corrected chi connectivity index (χ3v) is 4.34. The molecule has 31 heavy (non-hydrogen) atoms. The van der Waals surface area contributed by atoms with E-state index in [1.54, 1.807) is 16.8 Å². The van der Waals surface area contributed by atoms with Crippen LogP contribution in [0.15, 0.2) is 48.7 Å². The third-order valence-electron chi connectivity index (χ3n) is 4.34. The van der Waals surface area contributed by atoms with Crippen LogP contribution in [0.25, 0.3) is 5.82 Å². The standard InChI is InChI=1S/C21H21F3N4O3/c1-13-8-14(2)28(27-13)19-7-6-15(10-25-19)20(30)26-11-17(29)12-31-18-5-3-4-16(9-18)21(22,23)24/h3-10,17,29H,11-12H2,1-2H3,(H,26,30). The number of aliphatic hydroxyl groups excluding tert-OH is 1. The number of benzene rings is 1. The zero-order valence-electron chi connectivity index (χ0n) is 16.8. The number of hydrogen-bond acceptors (Lipinski definition) is 5. The second-order valence-electron chi connectivity index (χ2n) is 6.94.